The number of halogens is 4. The second-order valence-corrected chi connectivity index (χ2v) is 7.93. The van der Waals surface area contributed by atoms with Gasteiger partial charge in [-0.15, -0.1) is 0 Å². The summed E-state index contributed by atoms with van der Waals surface area (Å²) in [6, 6.07) is 4.35. The maximum atomic E-state index is 13.9. The van der Waals surface area contributed by atoms with Crippen LogP contribution in [0.1, 0.15) is 5.69 Å². The number of anilines is 1. The quantitative estimate of drug-likeness (QED) is 0.492. The number of rotatable bonds is 4. The zero-order valence-corrected chi connectivity index (χ0v) is 15.9. The van der Waals surface area contributed by atoms with Crippen LogP contribution in [0, 0.1) is 5.82 Å². The van der Waals surface area contributed by atoms with Gasteiger partial charge in [-0.3, -0.25) is 14.4 Å². The Labute approximate surface area is 166 Å². The standard InChI is InChI=1S/C17H12F4N6O2S/c1-26-16-12(8-23-26)13(18)2-3-14(16)25-30(28,29)11-7-24-27(9-11)10-4-5-22-15(6-10)17(19,20)21/h2-9,25H,1H3. The maximum absolute atomic E-state index is 13.9. The molecule has 13 heteroatoms. The Kier molecular flexibility index (Phi) is 4.49. The van der Waals surface area contributed by atoms with Gasteiger partial charge in [-0.25, -0.2) is 17.5 Å². The number of benzene rings is 1. The average molecular weight is 440 g/mol. The lowest BCUT2D eigenvalue weighted by molar-refractivity contribution is -0.141. The Morgan fingerprint density at radius 1 is 1.10 bits per heavy atom. The van der Waals surface area contributed by atoms with Gasteiger partial charge in [0, 0.05) is 13.2 Å². The molecule has 3 heterocycles. The summed E-state index contributed by atoms with van der Waals surface area (Å²) in [6.07, 6.45) is -0.398. The smallest absolute Gasteiger partial charge is 0.277 e. The number of alkyl halides is 3. The fourth-order valence-electron chi connectivity index (χ4n) is 2.85. The zero-order valence-electron chi connectivity index (χ0n) is 15.1. The lowest BCUT2D eigenvalue weighted by Gasteiger charge is -2.09. The Bertz CT molecular complexity index is 1360. The average Bonchev–Trinajstić information content (AvgIpc) is 3.32. The number of nitrogens with one attached hydrogen (secondary N) is 1. The monoisotopic (exact) mass is 440 g/mol. The summed E-state index contributed by atoms with van der Waals surface area (Å²) < 4.78 is 82.6. The first kappa shape index (κ1) is 19.8. The van der Waals surface area contributed by atoms with Gasteiger partial charge in [-0.05, 0) is 24.3 Å². The van der Waals surface area contributed by atoms with E-state index in [-0.39, 0.29) is 27.2 Å². The topological polar surface area (TPSA) is 94.7 Å². The molecule has 30 heavy (non-hydrogen) atoms. The van der Waals surface area contributed by atoms with Crippen molar-refractivity contribution in [2.75, 3.05) is 4.72 Å². The normalized spacial score (nSPS) is 12.4. The van der Waals surface area contributed by atoms with Crippen LogP contribution in [0.25, 0.3) is 16.6 Å². The van der Waals surface area contributed by atoms with Gasteiger partial charge < -0.3 is 0 Å². The number of aromatic nitrogens is 5. The van der Waals surface area contributed by atoms with Gasteiger partial charge in [0.25, 0.3) is 10.0 Å². The van der Waals surface area contributed by atoms with Crippen LogP contribution in [0.3, 0.4) is 0 Å². The summed E-state index contributed by atoms with van der Waals surface area (Å²) in [5, 5.41) is 7.88. The van der Waals surface area contributed by atoms with Crippen molar-refractivity contribution < 1.29 is 26.0 Å². The highest BCUT2D eigenvalue weighted by molar-refractivity contribution is 7.92. The van der Waals surface area contributed by atoms with Crippen LogP contribution in [0.15, 0.2) is 53.9 Å². The molecule has 0 radical (unpaired) electrons. The van der Waals surface area contributed by atoms with Gasteiger partial charge in [-0.2, -0.15) is 23.4 Å². The molecule has 0 aliphatic heterocycles. The first-order valence-electron chi connectivity index (χ1n) is 8.27. The Morgan fingerprint density at radius 3 is 2.60 bits per heavy atom. The van der Waals surface area contributed by atoms with Crippen molar-refractivity contribution in [3.8, 4) is 5.69 Å². The minimum Gasteiger partial charge on any atom is -0.277 e. The highest BCUT2D eigenvalue weighted by atomic mass is 32.2. The Balaban J connectivity index is 1.69. The second-order valence-electron chi connectivity index (χ2n) is 6.25. The van der Waals surface area contributed by atoms with E-state index in [9.17, 15) is 26.0 Å². The molecule has 3 aromatic heterocycles. The van der Waals surface area contributed by atoms with Crippen molar-refractivity contribution in [3.63, 3.8) is 0 Å². The summed E-state index contributed by atoms with van der Waals surface area (Å²) in [7, 11) is -2.65. The van der Waals surface area contributed by atoms with Crippen LogP contribution in [0.4, 0.5) is 23.2 Å². The van der Waals surface area contributed by atoms with E-state index in [2.05, 4.69) is 19.9 Å². The molecule has 1 aromatic carbocycles. The molecule has 0 aliphatic rings. The summed E-state index contributed by atoms with van der Waals surface area (Å²) in [4.78, 5) is 2.95. The van der Waals surface area contributed by atoms with Crippen molar-refractivity contribution in [3.05, 3.63) is 60.6 Å². The van der Waals surface area contributed by atoms with E-state index in [1.165, 1.54) is 30.1 Å². The predicted molar refractivity (Wildman–Crippen MR) is 97.8 cm³/mol. The Hall–Kier alpha value is -3.48. The van der Waals surface area contributed by atoms with Crippen LogP contribution in [0.5, 0.6) is 0 Å². The van der Waals surface area contributed by atoms with Gasteiger partial charge in [0.2, 0.25) is 0 Å². The van der Waals surface area contributed by atoms with Crippen LogP contribution in [0.2, 0.25) is 0 Å². The van der Waals surface area contributed by atoms with Crippen molar-refractivity contribution in [2.24, 2.45) is 7.05 Å². The van der Waals surface area contributed by atoms with Crippen LogP contribution >= 0.6 is 0 Å². The number of hydrogen-bond donors (Lipinski definition) is 1. The fourth-order valence-corrected chi connectivity index (χ4v) is 3.84. The number of pyridine rings is 1. The molecular formula is C17H12F4N6O2S. The molecule has 0 fully saturated rings. The van der Waals surface area contributed by atoms with Gasteiger partial charge in [0.1, 0.15) is 16.4 Å². The lowest BCUT2D eigenvalue weighted by atomic mass is 10.2. The molecule has 4 aromatic rings. The first-order chi connectivity index (χ1) is 14.1. The summed E-state index contributed by atoms with van der Waals surface area (Å²) in [6.45, 7) is 0. The molecular weight excluding hydrogens is 428 g/mol. The van der Waals surface area contributed by atoms with E-state index in [1.54, 1.807) is 0 Å². The molecule has 0 atom stereocenters. The molecule has 0 amide bonds. The molecule has 0 unspecified atom stereocenters. The van der Waals surface area contributed by atoms with Gasteiger partial charge in [0.15, 0.2) is 0 Å². The van der Waals surface area contributed by atoms with Crippen LogP contribution < -0.4 is 4.72 Å². The third-order valence-electron chi connectivity index (χ3n) is 4.26. The molecule has 156 valence electrons. The number of sulfonamides is 1. The van der Waals surface area contributed by atoms with Gasteiger partial charge in [0.05, 0.1) is 40.9 Å². The maximum Gasteiger partial charge on any atom is 0.433 e. The molecule has 8 nitrogen and oxygen atoms in total. The van der Waals surface area contributed by atoms with E-state index >= 15 is 0 Å². The third kappa shape index (κ3) is 3.47. The fraction of sp³-hybridized carbons (Fsp3) is 0.118. The molecule has 0 saturated carbocycles. The number of fused-ring (bicyclic) bond motifs is 1. The molecule has 0 saturated heterocycles. The van der Waals surface area contributed by atoms with E-state index in [1.807, 2.05) is 0 Å². The van der Waals surface area contributed by atoms with Crippen molar-refractivity contribution >= 4 is 26.6 Å². The molecule has 0 aliphatic carbocycles. The SMILES string of the molecule is Cn1ncc2c(F)ccc(NS(=O)(=O)c3cnn(-c4ccnc(C(F)(F)F)c4)c3)c21. The van der Waals surface area contributed by atoms with E-state index in [4.69, 9.17) is 0 Å². The van der Waals surface area contributed by atoms with Gasteiger partial charge in [-0.1, -0.05) is 0 Å². The van der Waals surface area contributed by atoms with E-state index in [0.717, 1.165) is 35.4 Å². The first-order valence-corrected chi connectivity index (χ1v) is 9.76. The number of hydrogen-bond acceptors (Lipinski definition) is 5. The lowest BCUT2D eigenvalue weighted by Crippen LogP contribution is -2.13. The minimum absolute atomic E-state index is 0.0189. The second kappa shape index (κ2) is 6.79. The van der Waals surface area contributed by atoms with Gasteiger partial charge >= 0.3 is 6.18 Å². The van der Waals surface area contributed by atoms with E-state index in [0.29, 0.717) is 0 Å². The number of nitrogens with zero attached hydrogens (tertiary/aromatic N) is 5. The summed E-state index contributed by atoms with van der Waals surface area (Å²) in [5.41, 5.74) is -0.838. The minimum atomic E-state index is -4.66. The largest absolute Gasteiger partial charge is 0.433 e. The number of aryl methyl sites for hydroxylation is 1. The molecule has 4 rings (SSSR count). The van der Waals surface area contributed by atoms with Crippen molar-refractivity contribution in [2.45, 2.75) is 11.1 Å². The van der Waals surface area contributed by atoms with Crippen molar-refractivity contribution in [1.82, 2.24) is 24.5 Å². The van der Waals surface area contributed by atoms with Crippen LogP contribution in [-0.4, -0.2) is 33.0 Å². The zero-order chi connectivity index (χ0) is 21.7. The molecule has 0 bridgehead atoms. The van der Waals surface area contributed by atoms with Crippen molar-refractivity contribution in [1.29, 1.82) is 0 Å². The highest BCUT2D eigenvalue weighted by Gasteiger charge is 2.32. The molecule has 0 spiro atoms. The van der Waals surface area contributed by atoms with E-state index < -0.39 is 27.7 Å². The predicted octanol–water partition coefficient (Wildman–Crippen LogP) is 3.11. The third-order valence-corrected chi connectivity index (χ3v) is 5.58. The van der Waals surface area contributed by atoms with Crippen LogP contribution in [-0.2, 0) is 23.2 Å². The highest BCUT2D eigenvalue weighted by Crippen LogP contribution is 2.29. The summed E-state index contributed by atoms with van der Waals surface area (Å²) in [5.74, 6) is -0.563. The Morgan fingerprint density at radius 2 is 1.87 bits per heavy atom. The molecule has 1 N–H and O–H groups in total. The summed E-state index contributed by atoms with van der Waals surface area (Å²) >= 11 is 0.